The molecule has 0 unspecified atom stereocenters. The van der Waals surface area contributed by atoms with Gasteiger partial charge < -0.3 is 5.32 Å². The number of thioether (sulfide) groups is 1. The van der Waals surface area contributed by atoms with Crippen molar-refractivity contribution in [1.82, 2.24) is 14.6 Å². The van der Waals surface area contributed by atoms with Gasteiger partial charge >= 0.3 is 0 Å². The molecule has 0 saturated heterocycles. The van der Waals surface area contributed by atoms with Gasteiger partial charge in [-0.2, -0.15) is 5.10 Å². The first-order valence-electron chi connectivity index (χ1n) is 7.68. The Labute approximate surface area is 148 Å². The van der Waals surface area contributed by atoms with Crippen LogP contribution in [0.3, 0.4) is 0 Å². The zero-order chi connectivity index (χ0) is 16.7. The average Bonchev–Trinajstić information content (AvgIpc) is 3.19. The van der Waals surface area contributed by atoms with Crippen LogP contribution in [0.1, 0.15) is 28.0 Å². The number of nitrogens with zero attached hydrogens (tertiary/aromatic N) is 3. The SMILES string of the molecule is CSc1nn2c3c(cnc2c1C(=O)Nc1ccc(Cl)cc1)CCC3. The molecule has 1 amide bonds. The normalized spacial score (nSPS) is 13.2. The number of hydrogen-bond acceptors (Lipinski definition) is 4. The Balaban J connectivity index is 1.77. The van der Waals surface area contributed by atoms with Crippen LogP contribution >= 0.6 is 23.4 Å². The molecule has 122 valence electrons. The number of carbonyl (C=O) groups excluding carboxylic acids is 1. The van der Waals surface area contributed by atoms with Crippen LogP contribution in [-0.2, 0) is 12.8 Å². The molecule has 5 nitrogen and oxygen atoms in total. The summed E-state index contributed by atoms with van der Waals surface area (Å²) < 4.78 is 1.84. The van der Waals surface area contributed by atoms with Crippen LogP contribution in [0.15, 0.2) is 35.5 Å². The molecule has 0 radical (unpaired) electrons. The molecule has 0 spiro atoms. The highest BCUT2D eigenvalue weighted by Gasteiger charge is 2.24. The van der Waals surface area contributed by atoms with Gasteiger partial charge in [0.1, 0.15) is 10.6 Å². The minimum Gasteiger partial charge on any atom is -0.322 e. The number of anilines is 1. The van der Waals surface area contributed by atoms with Crippen LogP contribution in [-0.4, -0.2) is 26.8 Å². The summed E-state index contributed by atoms with van der Waals surface area (Å²) in [4.78, 5) is 17.3. The lowest BCUT2D eigenvalue weighted by Crippen LogP contribution is -2.13. The number of carbonyl (C=O) groups is 1. The first-order valence-corrected chi connectivity index (χ1v) is 9.28. The van der Waals surface area contributed by atoms with E-state index in [0.29, 0.717) is 26.9 Å². The van der Waals surface area contributed by atoms with Crippen molar-refractivity contribution in [2.75, 3.05) is 11.6 Å². The van der Waals surface area contributed by atoms with E-state index in [-0.39, 0.29) is 5.91 Å². The molecule has 1 aliphatic carbocycles. The highest BCUT2D eigenvalue weighted by molar-refractivity contribution is 7.98. The summed E-state index contributed by atoms with van der Waals surface area (Å²) in [6.07, 6.45) is 6.90. The minimum absolute atomic E-state index is 0.206. The van der Waals surface area contributed by atoms with Crippen LogP contribution in [0.25, 0.3) is 5.65 Å². The van der Waals surface area contributed by atoms with Crippen molar-refractivity contribution in [3.05, 3.63) is 52.3 Å². The van der Waals surface area contributed by atoms with Crippen LogP contribution in [0.4, 0.5) is 5.69 Å². The average molecular weight is 359 g/mol. The molecule has 4 rings (SSSR count). The Morgan fingerprint density at radius 2 is 2.08 bits per heavy atom. The van der Waals surface area contributed by atoms with Gasteiger partial charge in [-0.25, -0.2) is 9.50 Å². The molecule has 7 heteroatoms. The third-order valence-corrected chi connectivity index (χ3v) is 5.10. The number of amides is 1. The van der Waals surface area contributed by atoms with Crippen LogP contribution in [0, 0.1) is 0 Å². The molecule has 0 atom stereocenters. The van der Waals surface area contributed by atoms with E-state index in [4.69, 9.17) is 11.6 Å². The van der Waals surface area contributed by atoms with Crippen molar-refractivity contribution >= 4 is 40.6 Å². The Bertz CT molecular complexity index is 936. The zero-order valence-electron chi connectivity index (χ0n) is 13.0. The predicted octanol–water partition coefficient (Wildman–Crippen LogP) is 3.85. The summed E-state index contributed by atoms with van der Waals surface area (Å²) in [6, 6.07) is 7.04. The fourth-order valence-corrected chi connectivity index (χ4v) is 3.71. The summed E-state index contributed by atoms with van der Waals surface area (Å²) in [6.45, 7) is 0. The van der Waals surface area contributed by atoms with E-state index in [2.05, 4.69) is 15.4 Å². The Hall–Kier alpha value is -2.05. The van der Waals surface area contributed by atoms with Gasteiger partial charge in [-0.3, -0.25) is 4.79 Å². The topological polar surface area (TPSA) is 59.3 Å². The van der Waals surface area contributed by atoms with Gasteiger partial charge in [0.2, 0.25) is 0 Å². The lowest BCUT2D eigenvalue weighted by Gasteiger charge is -2.06. The predicted molar refractivity (Wildman–Crippen MR) is 96.2 cm³/mol. The van der Waals surface area contributed by atoms with E-state index in [1.54, 1.807) is 24.3 Å². The maximum absolute atomic E-state index is 12.8. The molecule has 1 aliphatic rings. The van der Waals surface area contributed by atoms with Crippen molar-refractivity contribution in [3.8, 4) is 0 Å². The van der Waals surface area contributed by atoms with E-state index in [0.717, 1.165) is 19.3 Å². The Kier molecular flexibility index (Phi) is 3.94. The molecule has 2 aromatic heterocycles. The van der Waals surface area contributed by atoms with Crippen molar-refractivity contribution in [2.45, 2.75) is 24.3 Å². The molecule has 2 heterocycles. The second kappa shape index (κ2) is 6.11. The highest BCUT2D eigenvalue weighted by atomic mass is 35.5. The summed E-state index contributed by atoms with van der Waals surface area (Å²) in [5.74, 6) is -0.206. The monoisotopic (exact) mass is 358 g/mol. The molecule has 0 saturated carbocycles. The maximum Gasteiger partial charge on any atom is 0.262 e. The number of benzene rings is 1. The number of aryl methyl sites for hydroxylation is 2. The zero-order valence-corrected chi connectivity index (χ0v) is 14.6. The van der Waals surface area contributed by atoms with Gasteiger partial charge in [-0.1, -0.05) is 11.6 Å². The molecule has 3 aromatic rings. The van der Waals surface area contributed by atoms with Gasteiger partial charge in [0, 0.05) is 22.6 Å². The third kappa shape index (κ3) is 2.56. The molecule has 1 N–H and O–H groups in total. The van der Waals surface area contributed by atoms with Crippen molar-refractivity contribution < 1.29 is 4.79 Å². The van der Waals surface area contributed by atoms with Gasteiger partial charge in [0.05, 0.1) is 0 Å². The third-order valence-electron chi connectivity index (χ3n) is 4.18. The summed E-state index contributed by atoms with van der Waals surface area (Å²) in [5, 5.41) is 8.84. The molecule has 0 fully saturated rings. The minimum atomic E-state index is -0.206. The highest BCUT2D eigenvalue weighted by Crippen LogP contribution is 2.28. The second-order valence-electron chi connectivity index (χ2n) is 5.66. The van der Waals surface area contributed by atoms with Crippen molar-refractivity contribution in [2.24, 2.45) is 0 Å². The van der Waals surface area contributed by atoms with E-state index in [9.17, 15) is 4.79 Å². The van der Waals surface area contributed by atoms with Crippen molar-refractivity contribution in [3.63, 3.8) is 0 Å². The number of aromatic nitrogens is 3. The van der Waals surface area contributed by atoms with Gasteiger partial charge in [0.25, 0.3) is 5.91 Å². The number of fused-ring (bicyclic) bond motifs is 3. The van der Waals surface area contributed by atoms with E-state index in [1.165, 1.54) is 23.0 Å². The number of hydrogen-bond donors (Lipinski definition) is 1. The summed E-state index contributed by atoms with van der Waals surface area (Å²) in [7, 11) is 0. The lowest BCUT2D eigenvalue weighted by molar-refractivity contribution is 0.102. The Morgan fingerprint density at radius 3 is 2.83 bits per heavy atom. The first-order chi connectivity index (χ1) is 11.7. The van der Waals surface area contributed by atoms with Crippen LogP contribution in [0.5, 0.6) is 0 Å². The number of halogens is 1. The number of rotatable bonds is 3. The fraction of sp³-hybridized carbons (Fsp3) is 0.235. The molecule has 0 aliphatic heterocycles. The first kappa shape index (κ1) is 15.5. The van der Waals surface area contributed by atoms with Crippen LogP contribution in [0.2, 0.25) is 5.02 Å². The maximum atomic E-state index is 12.8. The van der Waals surface area contributed by atoms with Gasteiger partial charge in [0.15, 0.2) is 5.65 Å². The van der Waals surface area contributed by atoms with E-state index < -0.39 is 0 Å². The van der Waals surface area contributed by atoms with Crippen LogP contribution < -0.4 is 5.32 Å². The number of nitrogens with one attached hydrogen (secondary N) is 1. The molecular formula is C17H15ClN4OS. The van der Waals surface area contributed by atoms with Crippen molar-refractivity contribution in [1.29, 1.82) is 0 Å². The van der Waals surface area contributed by atoms with Gasteiger partial charge in [-0.05, 0) is 55.3 Å². The Morgan fingerprint density at radius 1 is 1.29 bits per heavy atom. The molecular weight excluding hydrogens is 344 g/mol. The molecule has 24 heavy (non-hydrogen) atoms. The quantitative estimate of drug-likeness (QED) is 0.722. The molecule has 0 bridgehead atoms. The second-order valence-corrected chi connectivity index (χ2v) is 6.90. The standard InChI is InChI=1S/C17H15ClN4OS/c1-24-17-14(16(23)20-12-7-5-11(18)6-8-12)15-19-9-10-3-2-4-13(10)22(15)21-17/h5-9H,2-4H2,1H3,(H,20,23). The lowest BCUT2D eigenvalue weighted by atomic mass is 10.2. The van der Waals surface area contributed by atoms with E-state index in [1.807, 2.05) is 17.0 Å². The fourth-order valence-electron chi connectivity index (χ4n) is 3.04. The van der Waals surface area contributed by atoms with Gasteiger partial charge in [-0.15, -0.1) is 11.8 Å². The van der Waals surface area contributed by atoms with E-state index >= 15 is 0 Å². The summed E-state index contributed by atoms with van der Waals surface area (Å²) >= 11 is 7.34. The smallest absolute Gasteiger partial charge is 0.262 e. The summed E-state index contributed by atoms with van der Waals surface area (Å²) in [5.41, 5.74) is 4.22. The molecule has 1 aromatic carbocycles. The largest absolute Gasteiger partial charge is 0.322 e.